The molecule has 1 aromatic carbocycles. The van der Waals surface area contributed by atoms with Gasteiger partial charge in [0.2, 0.25) is 0 Å². The smallest absolute Gasteiger partial charge is 0.138 e. The minimum Gasteiger partial charge on any atom is -0.251 e. The van der Waals surface area contributed by atoms with E-state index >= 15 is 0 Å². The van der Waals surface area contributed by atoms with Gasteiger partial charge in [-0.3, -0.25) is 4.45 Å². The summed E-state index contributed by atoms with van der Waals surface area (Å²) in [5.74, 6) is -0.263. The van der Waals surface area contributed by atoms with E-state index in [2.05, 4.69) is 30.4 Å². The van der Waals surface area contributed by atoms with Gasteiger partial charge in [0.05, 0.1) is 16.2 Å². The molecule has 1 heterocycles. The monoisotopic (exact) mass is 276 g/mol. The second-order valence-corrected chi connectivity index (χ2v) is 3.67. The van der Waals surface area contributed by atoms with Crippen molar-refractivity contribution in [3.05, 3.63) is 28.6 Å². The van der Waals surface area contributed by atoms with Gasteiger partial charge < -0.3 is 0 Å². The third kappa shape index (κ3) is 1.96. The highest BCUT2D eigenvalue weighted by atomic mass is 79.9. The second-order valence-electron chi connectivity index (χ2n) is 2.38. The minimum atomic E-state index is -0.263. The maximum absolute atomic E-state index is 13.0. The lowest BCUT2D eigenvalue weighted by Crippen LogP contribution is -1.81. The average Bonchev–Trinajstić information content (AvgIpc) is 2.58. The summed E-state index contributed by atoms with van der Waals surface area (Å²) < 4.78 is 15.1. The van der Waals surface area contributed by atoms with E-state index in [0.717, 1.165) is 10.9 Å². The van der Waals surface area contributed by atoms with Gasteiger partial charge in [-0.05, 0) is 37.5 Å². The fraction of sp³-hybridized carbons (Fsp3) is 0.222. The number of halogens is 2. The van der Waals surface area contributed by atoms with Gasteiger partial charge in [-0.1, -0.05) is 13.8 Å². The summed E-state index contributed by atoms with van der Waals surface area (Å²) in [5, 5.41) is 4.76. The molecule has 2 nitrogen and oxygen atoms in total. The molecule has 1 aromatic heterocycles. The fourth-order valence-electron chi connectivity index (χ4n) is 1.06. The molecule has 0 N–H and O–H groups in total. The first-order valence-electron chi connectivity index (χ1n) is 4.27. The molecule has 0 aliphatic rings. The molecule has 0 spiro atoms. The molecule has 1 atom stereocenters. The maximum Gasteiger partial charge on any atom is 0.138 e. The van der Waals surface area contributed by atoms with Crippen molar-refractivity contribution in [1.29, 1.82) is 0 Å². The van der Waals surface area contributed by atoms with Crippen LogP contribution in [-0.2, 0) is 0 Å². The molecular formula is C9H11BrFN2P. The van der Waals surface area contributed by atoms with Crippen LogP contribution in [0.3, 0.4) is 0 Å². The van der Waals surface area contributed by atoms with Crippen LogP contribution in [0.4, 0.5) is 4.39 Å². The van der Waals surface area contributed by atoms with E-state index in [1.54, 1.807) is 16.7 Å². The van der Waals surface area contributed by atoms with Gasteiger partial charge in [-0.15, -0.1) is 0 Å². The molecule has 0 amide bonds. The molecule has 0 radical (unpaired) electrons. The van der Waals surface area contributed by atoms with Crippen molar-refractivity contribution in [3.63, 3.8) is 0 Å². The molecule has 0 bridgehead atoms. The Bertz CT molecular complexity index is 442. The summed E-state index contributed by atoms with van der Waals surface area (Å²) in [5.41, 5.74) is 0.883. The van der Waals surface area contributed by atoms with Crippen LogP contribution in [0.2, 0.25) is 0 Å². The highest BCUT2D eigenvalue weighted by Gasteiger charge is 2.06. The van der Waals surface area contributed by atoms with Crippen molar-refractivity contribution in [2.45, 2.75) is 13.8 Å². The largest absolute Gasteiger partial charge is 0.251 e. The summed E-state index contributed by atoms with van der Waals surface area (Å²) in [7, 11) is 2.43. The van der Waals surface area contributed by atoms with Crippen molar-refractivity contribution in [2.24, 2.45) is 0 Å². The summed E-state index contributed by atoms with van der Waals surface area (Å²) >= 11 is 3.16. The zero-order valence-electron chi connectivity index (χ0n) is 7.96. The Morgan fingerprint density at radius 3 is 2.71 bits per heavy atom. The van der Waals surface area contributed by atoms with E-state index in [1.165, 1.54) is 6.07 Å². The van der Waals surface area contributed by atoms with Crippen LogP contribution in [0.25, 0.3) is 10.9 Å². The number of aromatic nitrogens is 2. The Hall–Kier alpha value is -0.470. The van der Waals surface area contributed by atoms with Crippen molar-refractivity contribution in [3.8, 4) is 0 Å². The van der Waals surface area contributed by atoms with E-state index in [1.807, 2.05) is 13.8 Å². The lowest BCUT2D eigenvalue weighted by Gasteiger charge is -1.96. The van der Waals surface area contributed by atoms with E-state index in [0.29, 0.717) is 4.47 Å². The van der Waals surface area contributed by atoms with E-state index in [9.17, 15) is 4.39 Å². The van der Waals surface area contributed by atoms with Crippen LogP contribution in [0.5, 0.6) is 0 Å². The van der Waals surface area contributed by atoms with Crippen LogP contribution in [0.1, 0.15) is 13.8 Å². The number of fused-ring (bicyclic) bond motifs is 1. The van der Waals surface area contributed by atoms with Gasteiger partial charge in [-0.25, -0.2) is 4.39 Å². The van der Waals surface area contributed by atoms with Gasteiger partial charge in [-0.2, -0.15) is 5.10 Å². The zero-order chi connectivity index (χ0) is 10.7. The molecule has 76 valence electrons. The third-order valence-electron chi connectivity index (χ3n) is 1.67. The molecule has 0 saturated carbocycles. The van der Waals surface area contributed by atoms with Crippen molar-refractivity contribution in [2.75, 3.05) is 0 Å². The normalized spacial score (nSPS) is 9.79. The molecule has 0 fully saturated rings. The lowest BCUT2D eigenvalue weighted by molar-refractivity contribution is 0.623. The van der Waals surface area contributed by atoms with Gasteiger partial charge in [0.25, 0.3) is 0 Å². The van der Waals surface area contributed by atoms with Crippen LogP contribution in [-0.4, -0.2) is 9.55 Å². The number of benzene rings is 1. The number of rotatable bonds is 0. The summed E-state index contributed by atoms with van der Waals surface area (Å²) in [6, 6.07) is 3.10. The topological polar surface area (TPSA) is 17.8 Å². The molecule has 0 saturated heterocycles. The highest BCUT2D eigenvalue weighted by Crippen LogP contribution is 2.26. The van der Waals surface area contributed by atoms with E-state index in [-0.39, 0.29) is 5.82 Å². The molecule has 2 rings (SSSR count). The molecule has 0 aliphatic carbocycles. The number of hydrogen-bond donors (Lipinski definition) is 0. The minimum absolute atomic E-state index is 0.263. The maximum atomic E-state index is 13.0. The quantitative estimate of drug-likeness (QED) is 0.673. The van der Waals surface area contributed by atoms with Gasteiger partial charge in [0.1, 0.15) is 5.82 Å². The Labute approximate surface area is 92.9 Å². The predicted octanol–water partition coefficient (Wildman–Crippen LogP) is 3.60. The van der Waals surface area contributed by atoms with E-state index < -0.39 is 0 Å². The SMILES string of the molecule is CC.Fc1ccc2c(cnn2P)c1Br. The molecule has 0 aliphatic heterocycles. The Morgan fingerprint density at radius 2 is 2.07 bits per heavy atom. The summed E-state index contributed by atoms with van der Waals surface area (Å²) in [6.45, 7) is 4.00. The van der Waals surface area contributed by atoms with Crippen LogP contribution in [0, 0.1) is 5.82 Å². The molecular weight excluding hydrogens is 266 g/mol. The standard InChI is InChI=1S/C7H5BrFN2P.C2H6/c8-7-4-3-10-11(12)6(4)2-1-5(7)9;1-2/h1-3H,12H2;1-2H3. The highest BCUT2D eigenvalue weighted by molar-refractivity contribution is 9.10. The predicted molar refractivity (Wildman–Crippen MR) is 63.8 cm³/mol. The van der Waals surface area contributed by atoms with Crippen molar-refractivity contribution in [1.82, 2.24) is 9.55 Å². The van der Waals surface area contributed by atoms with Crippen molar-refractivity contribution >= 4 is 36.2 Å². The van der Waals surface area contributed by atoms with E-state index in [4.69, 9.17) is 0 Å². The molecule has 2 aromatic rings. The Kier molecular flexibility index (Phi) is 4.02. The van der Waals surface area contributed by atoms with Gasteiger partial charge in [0.15, 0.2) is 0 Å². The first-order valence-corrected chi connectivity index (χ1v) is 5.58. The summed E-state index contributed by atoms with van der Waals surface area (Å²) in [4.78, 5) is 0. The van der Waals surface area contributed by atoms with Gasteiger partial charge in [0, 0.05) is 5.39 Å². The molecule has 14 heavy (non-hydrogen) atoms. The second kappa shape index (κ2) is 4.85. The van der Waals surface area contributed by atoms with Gasteiger partial charge >= 0.3 is 0 Å². The average molecular weight is 277 g/mol. The molecule has 5 heteroatoms. The van der Waals surface area contributed by atoms with Crippen LogP contribution in [0.15, 0.2) is 22.8 Å². The van der Waals surface area contributed by atoms with Crippen molar-refractivity contribution < 1.29 is 4.39 Å². The number of hydrogen-bond acceptors (Lipinski definition) is 1. The Morgan fingerprint density at radius 1 is 1.43 bits per heavy atom. The Balaban J connectivity index is 0.000000461. The lowest BCUT2D eigenvalue weighted by atomic mass is 10.2. The van der Waals surface area contributed by atoms with Crippen LogP contribution < -0.4 is 0 Å². The first kappa shape index (κ1) is 11.6. The summed E-state index contributed by atoms with van der Waals surface area (Å²) in [6.07, 6.45) is 1.62. The van der Waals surface area contributed by atoms with Crippen LogP contribution >= 0.6 is 25.3 Å². The first-order chi connectivity index (χ1) is 6.70. The zero-order valence-corrected chi connectivity index (χ0v) is 10.7. The third-order valence-corrected chi connectivity index (χ3v) is 2.89. The molecule has 1 unspecified atom stereocenters. The number of nitrogens with zero attached hydrogens (tertiary/aromatic N) is 2. The fourth-order valence-corrected chi connectivity index (χ4v) is 1.79.